The van der Waals surface area contributed by atoms with Crippen LogP contribution in [0.25, 0.3) is 88.7 Å². The van der Waals surface area contributed by atoms with Gasteiger partial charge in [-0.05, 0) is 73.3 Å². The summed E-state index contributed by atoms with van der Waals surface area (Å²) in [6, 6.07) is 52.5. The zero-order valence-corrected chi connectivity index (χ0v) is 30.3. The summed E-state index contributed by atoms with van der Waals surface area (Å²) in [5.74, 6) is 0. The lowest BCUT2D eigenvalue weighted by Gasteiger charge is -2.27. The SMILES string of the molecule is c1ccc2c(c1)-c1ccccc1[Si]21c2ccccc2-c2c(-c3cnc(-c4cnc5c(ccc6cccnc65)c4)c(-c4ccc5nnccc5c4)n3)cccc21. The molecule has 12 rings (SSSR count). The van der Waals surface area contributed by atoms with E-state index in [9.17, 15) is 0 Å². The van der Waals surface area contributed by atoms with Crippen LogP contribution in [-0.4, -0.2) is 38.2 Å². The number of fused-ring (bicyclic) bond motifs is 14. The van der Waals surface area contributed by atoms with Crippen molar-refractivity contribution >= 4 is 61.5 Å². The molecule has 2 aliphatic rings. The van der Waals surface area contributed by atoms with Crippen LogP contribution in [0.1, 0.15) is 0 Å². The molecule has 10 aromatic rings. The zero-order valence-electron chi connectivity index (χ0n) is 29.3. The topological polar surface area (TPSA) is 77.3 Å². The minimum Gasteiger partial charge on any atom is -0.254 e. The third-order valence-electron chi connectivity index (χ3n) is 11.6. The third-order valence-corrected chi connectivity index (χ3v) is 16.5. The average Bonchev–Trinajstić information content (AvgIpc) is 3.73. The standard InChI is InChI=1S/C48H28N6Si/c1-4-14-40-34(10-1)35-11-2-5-15-41(35)55(40)42-16-6-3-12-37(42)44-36(13-7-17-43(44)55)39-28-51-47(48(53-39)32-20-21-38-30(25-32)22-24-52-54-38)33-26-31-19-18-29-9-8-23-49-45(29)46(31)50-27-33/h1-28H. The lowest BCUT2D eigenvalue weighted by atomic mass is 9.97. The predicted octanol–water partition coefficient (Wildman–Crippen LogP) is 7.86. The van der Waals surface area contributed by atoms with Crippen molar-refractivity contribution in [1.29, 1.82) is 0 Å². The molecule has 0 amide bonds. The van der Waals surface area contributed by atoms with Crippen molar-refractivity contribution in [1.82, 2.24) is 30.1 Å². The molecule has 0 radical (unpaired) electrons. The Morgan fingerprint density at radius 2 is 1.11 bits per heavy atom. The molecule has 0 fully saturated rings. The first kappa shape index (κ1) is 30.3. The van der Waals surface area contributed by atoms with E-state index in [-0.39, 0.29) is 0 Å². The fourth-order valence-electron chi connectivity index (χ4n) is 9.29. The highest BCUT2D eigenvalue weighted by molar-refractivity contribution is 7.24. The Labute approximate surface area is 316 Å². The van der Waals surface area contributed by atoms with E-state index in [1.54, 1.807) is 6.20 Å². The Morgan fingerprint density at radius 1 is 0.418 bits per heavy atom. The van der Waals surface area contributed by atoms with Gasteiger partial charge in [0.05, 0.1) is 46.0 Å². The lowest BCUT2D eigenvalue weighted by Crippen LogP contribution is -2.70. The minimum absolute atomic E-state index is 0.762. The van der Waals surface area contributed by atoms with Crippen LogP contribution >= 0.6 is 0 Å². The smallest absolute Gasteiger partial charge is 0.182 e. The summed E-state index contributed by atoms with van der Waals surface area (Å²) in [7, 11) is -2.61. The Bertz CT molecular complexity index is 3200. The van der Waals surface area contributed by atoms with Crippen LogP contribution in [0.15, 0.2) is 170 Å². The van der Waals surface area contributed by atoms with Crippen LogP contribution in [0.5, 0.6) is 0 Å². The van der Waals surface area contributed by atoms with Gasteiger partial charge >= 0.3 is 0 Å². The van der Waals surface area contributed by atoms with Crippen molar-refractivity contribution in [2.24, 2.45) is 0 Å². The number of benzene rings is 6. The molecule has 0 aliphatic carbocycles. The van der Waals surface area contributed by atoms with Crippen LogP contribution < -0.4 is 20.7 Å². The van der Waals surface area contributed by atoms with Gasteiger partial charge in [0.1, 0.15) is 0 Å². The van der Waals surface area contributed by atoms with Crippen LogP contribution in [-0.2, 0) is 0 Å². The van der Waals surface area contributed by atoms with Crippen LogP contribution in [0.4, 0.5) is 0 Å². The van der Waals surface area contributed by atoms with E-state index < -0.39 is 8.07 Å². The highest BCUT2D eigenvalue weighted by Gasteiger charge is 2.54. The van der Waals surface area contributed by atoms with Crippen molar-refractivity contribution in [2.45, 2.75) is 0 Å². The third kappa shape index (κ3) is 4.18. The van der Waals surface area contributed by atoms with Crippen molar-refractivity contribution in [3.63, 3.8) is 0 Å². The molecule has 0 N–H and O–H groups in total. The number of aromatic nitrogens is 6. The molecule has 55 heavy (non-hydrogen) atoms. The number of hydrogen-bond acceptors (Lipinski definition) is 6. The fourth-order valence-corrected chi connectivity index (χ4v) is 14.9. The molecule has 0 atom stereocenters. The highest BCUT2D eigenvalue weighted by atomic mass is 28.3. The van der Waals surface area contributed by atoms with Crippen molar-refractivity contribution < 1.29 is 0 Å². The number of rotatable bonds is 3. The normalized spacial score (nSPS) is 13.2. The second-order valence-electron chi connectivity index (χ2n) is 14.3. The molecule has 4 aromatic heterocycles. The van der Waals surface area contributed by atoms with Crippen LogP contribution in [0, 0.1) is 0 Å². The van der Waals surface area contributed by atoms with Crippen LogP contribution in [0.3, 0.4) is 0 Å². The second kappa shape index (κ2) is 11.4. The Kier molecular flexibility index (Phi) is 6.27. The van der Waals surface area contributed by atoms with Gasteiger partial charge in [0.2, 0.25) is 0 Å². The molecule has 0 saturated heterocycles. The van der Waals surface area contributed by atoms with Gasteiger partial charge < -0.3 is 0 Å². The van der Waals surface area contributed by atoms with E-state index in [1.807, 2.05) is 36.8 Å². The second-order valence-corrected chi connectivity index (χ2v) is 18.0. The van der Waals surface area contributed by atoms with E-state index in [0.717, 1.165) is 66.5 Å². The Morgan fingerprint density at radius 3 is 1.95 bits per heavy atom. The molecule has 6 nitrogen and oxygen atoms in total. The van der Waals surface area contributed by atoms with E-state index in [2.05, 4.69) is 143 Å². The first-order chi connectivity index (χ1) is 27.3. The van der Waals surface area contributed by atoms with Crippen molar-refractivity contribution in [3.8, 4) is 56.0 Å². The van der Waals surface area contributed by atoms with Gasteiger partial charge in [0, 0.05) is 45.2 Å². The maximum absolute atomic E-state index is 5.56. The molecular weight excluding hydrogens is 689 g/mol. The zero-order chi connectivity index (χ0) is 36.1. The maximum Gasteiger partial charge on any atom is 0.182 e. The van der Waals surface area contributed by atoms with E-state index >= 15 is 0 Å². The maximum atomic E-state index is 5.56. The molecule has 0 unspecified atom stereocenters. The molecule has 0 bridgehead atoms. The fraction of sp³-hybridized carbons (Fsp3) is 0. The van der Waals surface area contributed by atoms with Crippen molar-refractivity contribution in [3.05, 3.63) is 170 Å². The number of pyridine rings is 2. The molecule has 7 heteroatoms. The van der Waals surface area contributed by atoms with Gasteiger partial charge in [-0.15, -0.1) is 0 Å². The monoisotopic (exact) mass is 716 g/mol. The first-order valence-electron chi connectivity index (χ1n) is 18.4. The number of nitrogens with zero attached hydrogens (tertiary/aromatic N) is 6. The van der Waals surface area contributed by atoms with Gasteiger partial charge in [-0.2, -0.15) is 10.2 Å². The van der Waals surface area contributed by atoms with Gasteiger partial charge in [-0.25, -0.2) is 4.98 Å². The predicted molar refractivity (Wildman–Crippen MR) is 224 cm³/mol. The Hall–Kier alpha value is -7.22. The minimum atomic E-state index is -2.61. The van der Waals surface area contributed by atoms with Gasteiger partial charge in [-0.1, -0.05) is 115 Å². The Balaban J connectivity index is 1.11. The summed E-state index contributed by atoms with van der Waals surface area (Å²) in [6.45, 7) is 0. The quantitative estimate of drug-likeness (QED) is 0.137. The summed E-state index contributed by atoms with van der Waals surface area (Å²) >= 11 is 0. The summed E-state index contributed by atoms with van der Waals surface area (Å²) in [5, 5.41) is 17.2. The van der Waals surface area contributed by atoms with E-state index in [4.69, 9.17) is 15.0 Å². The van der Waals surface area contributed by atoms with Gasteiger partial charge in [0.15, 0.2) is 8.07 Å². The summed E-state index contributed by atoms with van der Waals surface area (Å²) in [6.07, 6.45) is 7.39. The molecule has 2 aliphatic heterocycles. The molecular formula is C48H28N6Si. The lowest BCUT2D eigenvalue weighted by molar-refractivity contribution is 1.08. The molecule has 6 heterocycles. The average molecular weight is 717 g/mol. The molecule has 0 saturated carbocycles. The summed E-state index contributed by atoms with van der Waals surface area (Å²) < 4.78 is 0. The van der Waals surface area contributed by atoms with Crippen LogP contribution in [0.2, 0.25) is 0 Å². The van der Waals surface area contributed by atoms with Gasteiger partial charge in [0.25, 0.3) is 0 Å². The van der Waals surface area contributed by atoms with E-state index in [1.165, 1.54) is 43.0 Å². The molecule has 1 spiro atoms. The molecule has 254 valence electrons. The van der Waals surface area contributed by atoms with Crippen molar-refractivity contribution in [2.75, 3.05) is 0 Å². The summed E-state index contributed by atoms with van der Waals surface area (Å²) in [4.78, 5) is 20.4. The van der Waals surface area contributed by atoms with Gasteiger partial charge in [-0.3, -0.25) is 15.0 Å². The largest absolute Gasteiger partial charge is 0.254 e. The highest BCUT2D eigenvalue weighted by Crippen LogP contribution is 2.41. The molecule has 6 aromatic carbocycles. The first-order valence-corrected chi connectivity index (χ1v) is 20.4. The van der Waals surface area contributed by atoms with E-state index in [0.29, 0.717) is 0 Å². The summed E-state index contributed by atoms with van der Waals surface area (Å²) in [5.41, 5.74) is 13.1. The number of hydrogen-bond donors (Lipinski definition) is 0.